The van der Waals surface area contributed by atoms with Crippen LogP contribution in [0.4, 0.5) is 17.1 Å². The van der Waals surface area contributed by atoms with E-state index < -0.39 is 0 Å². The van der Waals surface area contributed by atoms with Gasteiger partial charge in [-0.25, -0.2) is 0 Å². The molecule has 0 aliphatic heterocycles. The van der Waals surface area contributed by atoms with Crippen molar-refractivity contribution in [2.45, 2.75) is 0 Å². The molecule has 0 saturated carbocycles. The van der Waals surface area contributed by atoms with Gasteiger partial charge in [0.1, 0.15) is 33.5 Å². The molecule has 308 valence electrons. The SMILES string of the molecule is c1ccc2c(c1)ccc1c2oc2cccc(-c3ccc(N(c4ccc(-c5cccc6oc7ccccc7c56)cc4)c4ccc(-c5cccc6oc7c8ccccc8ccc7c56)cc4)cc3)c21. The Kier molecular flexibility index (Phi) is 7.95. The summed E-state index contributed by atoms with van der Waals surface area (Å²) in [5, 5.41) is 11.3. The monoisotopic (exact) mass is 843 g/mol. The predicted molar refractivity (Wildman–Crippen MR) is 274 cm³/mol. The van der Waals surface area contributed by atoms with Crippen LogP contribution < -0.4 is 4.90 Å². The molecule has 4 nitrogen and oxygen atoms in total. The van der Waals surface area contributed by atoms with Crippen molar-refractivity contribution in [1.29, 1.82) is 0 Å². The molecule has 0 saturated heterocycles. The van der Waals surface area contributed by atoms with Gasteiger partial charge in [-0.2, -0.15) is 0 Å². The van der Waals surface area contributed by atoms with Gasteiger partial charge in [-0.15, -0.1) is 0 Å². The normalized spacial score (nSPS) is 11.9. The summed E-state index contributed by atoms with van der Waals surface area (Å²) in [6, 6.07) is 79.7. The predicted octanol–water partition coefficient (Wildman–Crippen LogP) is 18.2. The number of hydrogen-bond acceptors (Lipinski definition) is 4. The lowest BCUT2D eigenvalue weighted by atomic mass is 9.97. The molecular formula is C62H37NO3. The smallest absolute Gasteiger partial charge is 0.143 e. The Bertz CT molecular complexity index is 4010. The maximum atomic E-state index is 6.57. The van der Waals surface area contributed by atoms with E-state index in [-0.39, 0.29) is 0 Å². The number of benzene rings is 11. The molecule has 0 aliphatic carbocycles. The molecule has 3 heterocycles. The summed E-state index contributed by atoms with van der Waals surface area (Å²) in [5.74, 6) is 0. The molecule has 0 atom stereocenters. The average molecular weight is 844 g/mol. The Hall–Kier alpha value is -8.86. The molecule has 0 aliphatic rings. The van der Waals surface area contributed by atoms with Crippen molar-refractivity contribution < 1.29 is 13.3 Å². The van der Waals surface area contributed by atoms with E-state index >= 15 is 0 Å². The van der Waals surface area contributed by atoms with Crippen molar-refractivity contribution in [1.82, 2.24) is 0 Å². The highest BCUT2D eigenvalue weighted by Gasteiger charge is 2.20. The van der Waals surface area contributed by atoms with E-state index in [4.69, 9.17) is 13.3 Å². The number of nitrogens with zero attached hydrogens (tertiary/aromatic N) is 1. The standard InChI is InChI=1S/C62H37NO3/c1-3-12-49-38(10-1)28-36-52-59-47(16-8-20-56(59)65-61(49)52)41-24-32-44(33-25-41)63(43-30-22-40(23-31-43)46-15-7-19-55-58(46)51-14-5-6-18-54(51)64-55)45-34-26-42(27-35-45)48-17-9-21-57-60(48)53-37-29-39-11-2-4-13-50(39)62(53)66-57/h1-37H. The highest BCUT2D eigenvalue weighted by atomic mass is 16.3. The van der Waals surface area contributed by atoms with Gasteiger partial charge >= 0.3 is 0 Å². The van der Waals surface area contributed by atoms with Crippen LogP contribution in [0.5, 0.6) is 0 Å². The van der Waals surface area contributed by atoms with Crippen LogP contribution in [0.15, 0.2) is 238 Å². The first kappa shape index (κ1) is 36.6. The molecule has 0 radical (unpaired) electrons. The number of furan rings is 3. The largest absolute Gasteiger partial charge is 0.456 e. The van der Waals surface area contributed by atoms with Crippen LogP contribution in [0, 0.1) is 0 Å². The van der Waals surface area contributed by atoms with Crippen LogP contribution in [0.3, 0.4) is 0 Å². The maximum absolute atomic E-state index is 6.57. The molecule has 0 fully saturated rings. The fourth-order valence-corrected chi connectivity index (χ4v) is 10.4. The first-order chi connectivity index (χ1) is 32.7. The van der Waals surface area contributed by atoms with Gasteiger partial charge in [-0.1, -0.05) is 152 Å². The van der Waals surface area contributed by atoms with Gasteiger partial charge < -0.3 is 18.2 Å². The van der Waals surface area contributed by atoms with Crippen molar-refractivity contribution in [3.8, 4) is 33.4 Å². The van der Waals surface area contributed by atoms with Gasteiger partial charge in [-0.05, 0) is 117 Å². The summed E-state index contributed by atoms with van der Waals surface area (Å²) < 4.78 is 19.4. The number of hydrogen-bond donors (Lipinski definition) is 0. The summed E-state index contributed by atoms with van der Waals surface area (Å²) in [4.78, 5) is 2.34. The molecule has 11 aromatic carbocycles. The molecule has 0 N–H and O–H groups in total. The summed E-state index contributed by atoms with van der Waals surface area (Å²) in [7, 11) is 0. The van der Waals surface area contributed by atoms with Crippen molar-refractivity contribution in [2.24, 2.45) is 0 Å². The van der Waals surface area contributed by atoms with Crippen LogP contribution in [-0.4, -0.2) is 0 Å². The Morgan fingerprint density at radius 2 is 0.606 bits per heavy atom. The van der Waals surface area contributed by atoms with Gasteiger partial charge in [0, 0.05) is 60.2 Å². The third-order valence-electron chi connectivity index (χ3n) is 13.5. The Morgan fingerprint density at radius 1 is 0.242 bits per heavy atom. The summed E-state index contributed by atoms with van der Waals surface area (Å²) in [6.07, 6.45) is 0. The molecular weight excluding hydrogens is 807 g/mol. The molecule has 4 heteroatoms. The lowest BCUT2D eigenvalue weighted by Crippen LogP contribution is -2.09. The number of anilines is 3. The third-order valence-corrected chi connectivity index (χ3v) is 13.5. The number of para-hydroxylation sites is 1. The van der Waals surface area contributed by atoms with Gasteiger partial charge in [0.25, 0.3) is 0 Å². The molecule has 0 unspecified atom stereocenters. The van der Waals surface area contributed by atoms with Crippen molar-refractivity contribution >= 4 is 104 Å². The van der Waals surface area contributed by atoms with E-state index in [0.717, 1.165) is 127 Å². The van der Waals surface area contributed by atoms with Crippen molar-refractivity contribution in [3.63, 3.8) is 0 Å². The molecule has 0 bridgehead atoms. The Balaban J connectivity index is 0.888. The second-order valence-corrected chi connectivity index (χ2v) is 17.1. The fraction of sp³-hybridized carbons (Fsp3) is 0. The second-order valence-electron chi connectivity index (χ2n) is 17.1. The van der Waals surface area contributed by atoms with E-state index in [1.165, 1.54) is 10.8 Å². The molecule has 0 amide bonds. The Labute approximate surface area is 378 Å². The first-order valence-electron chi connectivity index (χ1n) is 22.4. The van der Waals surface area contributed by atoms with E-state index in [0.29, 0.717) is 0 Å². The molecule has 3 aromatic heterocycles. The lowest BCUT2D eigenvalue weighted by molar-refractivity contribution is 0.669. The molecule has 14 aromatic rings. The lowest BCUT2D eigenvalue weighted by Gasteiger charge is -2.26. The molecule has 14 rings (SSSR count). The second kappa shape index (κ2) is 14.3. The summed E-state index contributed by atoms with van der Waals surface area (Å²) >= 11 is 0. The minimum absolute atomic E-state index is 0.885. The van der Waals surface area contributed by atoms with Crippen LogP contribution in [0.2, 0.25) is 0 Å². The number of rotatable bonds is 6. The van der Waals surface area contributed by atoms with Gasteiger partial charge in [0.2, 0.25) is 0 Å². The third kappa shape index (κ3) is 5.58. The van der Waals surface area contributed by atoms with E-state index in [9.17, 15) is 0 Å². The van der Waals surface area contributed by atoms with Gasteiger partial charge in [-0.3, -0.25) is 0 Å². The van der Waals surface area contributed by atoms with E-state index in [2.05, 4.69) is 217 Å². The van der Waals surface area contributed by atoms with Crippen LogP contribution in [0.25, 0.3) is 121 Å². The highest BCUT2D eigenvalue weighted by molar-refractivity contribution is 6.20. The maximum Gasteiger partial charge on any atom is 0.143 e. The zero-order valence-corrected chi connectivity index (χ0v) is 35.5. The van der Waals surface area contributed by atoms with Crippen molar-refractivity contribution in [3.05, 3.63) is 224 Å². The Morgan fingerprint density at radius 3 is 1.06 bits per heavy atom. The highest BCUT2D eigenvalue weighted by Crippen LogP contribution is 2.44. The quantitative estimate of drug-likeness (QED) is 0.167. The van der Waals surface area contributed by atoms with E-state index in [1.54, 1.807) is 0 Å². The minimum Gasteiger partial charge on any atom is -0.456 e. The van der Waals surface area contributed by atoms with Crippen LogP contribution in [-0.2, 0) is 0 Å². The van der Waals surface area contributed by atoms with Crippen LogP contribution >= 0.6 is 0 Å². The zero-order chi connectivity index (χ0) is 43.3. The van der Waals surface area contributed by atoms with Gasteiger partial charge in [0.15, 0.2) is 0 Å². The topological polar surface area (TPSA) is 42.7 Å². The molecule has 66 heavy (non-hydrogen) atoms. The fourth-order valence-electron chi connectivity index (χ4n) is 10.4. The number of fused-ring (bicyclic) bond motifs is 13. The summed E-state index contributed by atoms with van der Waals surface area (Å²) in [5.41, 5.74) is 15.4. The van der Waals surface area contributed by atoms with E-state index in [1.807, 2.05) is 12.1 Å². The van der Waals surface area contributed by atoms with Crippen LogP contribution in [0.1, 0.15) is 0 Å². The molecule has 0 spiro atoms. The van der Waals surface area contributed by atoms with Gasteiger partial charge in [0.05, 0.1) is 0 Å². The zero-order valence-electron chi connectivity index (χ0n) is 35.5. The minimum atomic E-state index is 0.885. The first-order valence-corrected chi connectivity index (χ1v) is 22.4. The summed E-state index contributed by atoms with van der Waals surface area (Å²) in [6.45, 7) is 0. The van der Waals surface area contributed by atoms with Crippen molar-refractivity contribution in [2.75, 3.05) is 4.90 Å². The average Bonchev–Trinajstić information content (AvgIpc) is 4.09.